The van der Waals surface area contributed by atoms with Gasteiger partial charge in [-0.1, -0.05) is 11.6 Å². The third-order valence-electron chi connectivity index (χ3n) is 3.36. The third kappa shape index (κ3) is 1.87. The number of fused-ring (bicyclic) bond motifs is 1. The van der Waals surface area contributed by atoms with Crippen LogP contribution in [0.1, 0.15) is 12.2 Å². The molecule has 3 rings (SSSR count). The summed E-state index contributed by atoms with van der Waals surface area (Å²) >= 11 is 6.14. The van der Waals surface area contributed by atoms with Crippen LogP contribution in [0.2, 0.25) is 5.15 Å². The monoisotopic (exact) mass is 250 g/mol. The second-order valence-electron chi connectivity index (χ2n) is 4.56. The Balaban J connectivity index is 2.01. The van der Waals surface area contributed by atoms with Gasteiger partial charge < -0.3 is 15.5 Å². The highest BCUT2D eigenvalue weighted by molar-refractivity contribution is 6.33. The highest BCUT2D eigenvalue weighted by Gasteiger charge is 2.19. The molecule has 1 unspecified atom stereocenters. The number of halogens is 1. The summed E-state index contributed by atoms with van der Waals surface area (Å²) in [5, 5.41) is 3.87. The molecular weight excluding hydrogens is 236 g/mol. The van der Waals surface area contributed by atoms with Crippen LogP contribution in [0.3, 0.4) is 0 Å². The average Bonchev–Trinajstić information content (AvgIpc) is 2.90. The number of nitrogens with zero attached hydrogens (tertiary/aromatic N) is 2. The number of nitrogen functional groups attached to an aromatic ring is 1. The number of anilines is 1. The smallest absolute Gasteiger partial charge is 0.157 e. The normalized spacial score (nSPS) is 20.2. The second kappa shape index (κ2) is 4.20. The van der Waals surface area contributed by atoms with Gasteiger partial charge in [-0.15, -0.1) is 0 Å². The van der Waals surface area contributed by atoms with Crippen LogP contribution in [0, 0.1) is 5.92 Å². The van der Waals surface area contributed by atoms with E-state index < -0.39 is 0 Å². The van der Waals surface area contributed by atoms with Crippen molar-refractivity contribution in [3.05, 3.63) is 29.3 Å². The van der Waals surface area contributed by atoms with Crippen LogP contribution < -0.4 is 11.1 Å². The summed E-state index contributed by atoms with van der Waals surface area (Å²) in [5.74, 6) is 1.66. The van der Waals surface area contributed by atoms with Crippen LogP contribution in [0.5, 0.6) is 0 Å². The Morgan fingerprint density at radius 2 is 2.47 bits per heavy atom. The number of nitrogens with two attached hydrogens (primary N) is 1. The van der Waals surface area contributed by atoms with E-state index in [1.807, 2.05) is 22.7 Å². The van der Waals surface area contributed by atoms with Crippen LogP contribution in [-0.2, 0) is 6.42 Å². The Morgan fingerprint density at radius 1 is 1.59 bits per heavy atom. The molecule has 4 nitrogen and oxygen atoms in total. The molecule has 2 aromatic rings. The van der Waals surface area contributed by atoms with E-state index in [0.717, 1.165) is 30.9 Å². The summed E-state index contributed by atoms with van der Waals surface area (Å²) < 4.78 is 2.01. The summed E-state index contributed by atoms with van der Waals surface area (Å²) in [5.41, 5.74) is 7.43. The Labute approximate surface area is 105 Å². The number of nitrogens with one attached hydrogen (secondary N) is 1. The standard InChI is InChI=1S/C12H15ClN4/c13-12-11-9(14)2-1-5-17(11)10(16-12)6-8-3-4-15-7-8/h1-2,5,8,15H,3-4,6-7,14H2. The van der Waals surface area contributed by atoms with Crippen molar-refractivity contribution in [3.8, 4) is 0 Å². The van der Waals surface area contributed by atoms with Gasteiger partial charge in [-0.05, 0) is 37.6 Å². The van der Waals surface area contributed by atoms with Gasteiger partial charge >= 0.3 is 0 Å². The molecule has 0 saturated carbocycles. The van der Waals surface area contributed by atoms with Crippen LogP contribution in [-0.4, -0.2) is 22.5 Å². The Morgan fingerprint density at radius 3 is 3.24 bits per heavy atom. The zero-order valence-electron chi connectivity index (χ0n) is 9.49. The Hall–Kier alpha value is -1.26. The van der Waals surface area contributed by atoms with Crippen molar-refractivity contribution in [3.63, 3.8) is 0 Å². The van der Waals surface area contributed by atoms with Crippen molar-refractivity contribution in [2.75, 3.05) is 18.8 Å². The van der Waals surface area contributed by atoms with E-state index in [2.05, 4.69) is 10.3 Å². The predicted molar refractivity (Wildman–Crippen MR) is 69.3 cm³/mol. The van der Waals surface area contributed by atoms with Crippen LogP contribution in [0.4, 0.5) is 5.69 Å². The van der Waals surface area contributed by atoms with Gasteiger partial charge in [0.25, 0.3) is 0 Å². The van der Waals surface area contributed by atoms with Crippen molar-refractivity contribution < 1.29 is 0 Å². The maximum atomic E-state index is 6.14. The molecule has 5 heteroatoms. The number of aromatic nitrogens is 2. The van der Waals surface area contributed by atoms with E-state index in [4.69, 9.17) is 17.3 Å². The molecule has 1 saturated heterocycles. The van der Waals surface area contributed by atoms with E-state index in [0.29, 0.717) is 16.8 Å². The zero-order valence-corrected chi connectivity index (χ0v) is 10.2. The van der Waals surface area contributed by atoms with Crippen molar-refractivity contribution in [2.24, 2.45) is 5.92 Å². The number of hydrogen-bond donors (Lipinski definition) is 2. The quantitative estimate of drug-likeness (QED) is 0.854. The highest BCUT2D eigenvalue weighted by Crippen LogP contribution is 2.25. The van der Waals surface area contributed by atoms with Crippen molar-refractivity contribution in [1.82, 2.24) is 14.7 Å². The van der Waals surface area contributed by atoms with Gasteiger partial charge in [0, 0.05) is 12.6 Å². The fraction of sp³-hybridized carbons (Fsp3) is 0.417. The first kappa shape index (κ1) is 10.9. The minimum absolute atomic E-state index is 0.504. The van der Waals surface area contributed by atoms with Gasteiger partial charge in [0.1, 0.15) is 11.3 Å². The fourth-order valence-electron chi connectivity index (χ4n) is 2.47. The van der Waals surface area contributed by atoms with Gasteiger partial charge in [-0.25, -0.2) is 4.98 Å². The zero-order chi connectivity index (χ0) is 11.8. The maximum absolute atomic E-state index is 6.14. The molecular formula is C12H15ClN4. The molecule has 0 aliphatic carbocycles. The molecule has 3 heterocycles. The lowest BCUT2D eigenvalue weighted by molar-refractivity contribution is 0.560. The minimum Gasteiger partial charge on any atom is -0.397 e. The lowest BCUT2D eigenvalue weighted by atomic mass is 10.0. The molecule has 90 valence electrons. The second-order valence-corrected chi connectivity index (χ2v) is 4.92. The van der Waals surface area contributed by atoms with Crippen LogP contribution in [0.15, 0.2) is 18.3 Å². The van der Waals surface area contributed by atoms with Gasteiger partial charge in [0.15, 0.2) is 5.15 Å². The van der Waals surface area contributed by atoms with Gasteiger partial charge in [-0.2, -0.15) is 0 Å². The molecule has 1 aliphatic rings. The number of imidazole rings is 1. The summed E-state index contributed by atoms with van der Waals surface area (Å²) in [7, 11) is 0. The molecule has 0 amide bonds. The summed E-state index contributed by atoms with van der Waals surface area (Å²) in [6.45, 7) is 2.17. The first-order valence-corrected chi connectivity index (χ1v) is 6.25. The highest BCUT2D eigenvalue weighted by atomic mass is 35.5. The van der Waals surface area contributed by atoms with E-state index in [1.54, 1.807) is 0 Å². The molecule has 1 fully saturated rings. The van der Waals surface area contributed by atoms with Crippen LogP contribution >= 0.6 is 11.6 Å². The number of pyridine rings is 1. The molecule has 17 heavy (non-hydrogen) atoms. The lowest BCUT2D eigenvalue weighted by Gasteiger charge is -2.07. The van der Waals surface area contributed by atoms with E-state index in [9.17, 15) is 0 Å². The van der Waals surface area contributed by atoms with Crippen molar-refractivity contribution in [1.29, 1.82) is 0 Å². The van der Waals surface area contributed by atoms with Crippen molar-refractivity contribution >= 4 is 22.8 Å². The van der Waals surface area contributed by atoms with E-state index >= 15 is 0 Å². The summed E-state index contributed by atoms with van der Waals surface area (Å²) in [6, 6.07) is 3.78. The molecule has 2 aromatic heterocycles. The van der Waals surface area contributed by atoms with Gasteiger partial charge in [0.2, 0.25) is 0 Å². The third-order valence-corrected chi connectivity index (χ3v) is 3.62. The topological polar surface area (TPSA) is 55.4 Å². The lowest BCUT2D eigenvalue weighted by Crippen LogP contribution is -2.12. The van der Waals surface area contributed by atoms with E-state index in [-0.39, 0.29) is 0 Å². The SMILES string of the molecule is Nc1cccn2c(CC3CCNC3)nc(Cl)c12. The molecule has 0 radical (unpaired) electrons. The predicted octanol–water partition coefficient (Wildman–Crippen LogP) is 1.72. The summed E-state index contributed by atoms with van der Waals surface area (Å²) in [6.07, 6.45) is 4.13. The fourth-order valence-corrected chi connectivity index (χ4v) is 2.77. The minimum atomic E-state index is 0.504. The maximum Gasteiger partial charge on any atom is 0.157 e. The first-order valence-electron chi connectivity index (χ1n) is 5.87. The molecule has 0 spiro atoms. The number of rotatable bonds is 2. The Kier molecular flexibility index (Phi) is 2.68. The molecule has 1 atom stereocenters. The summed E-state index contributed by atoms with van der Waals surface area (Å²) in [4.78, 5) is 4.43. The first-order chi connectivity index (χ1) is 8.25. The van der Waals surface area contributed by atoms with Gasteiger partial charge in [0.05, 0.1) is 5.69 Å². The largest absolute Gasteiger partial charge is 0.397 e. The van der Waals surface area contributed by atoms with Crippen molar-refractivity contribution in [2.45, 2.75) is 12.8 Å². The van der Waals surface area contributed by atoms with Gasteiger partial charge in [-0.3, -0.25) is 0 Å². The van der Waals surface area contributed by atoms with E-state index in [1.165, 1.54) is 6.42 Å². The molecule has 0 bridgehead atoms. The molecule has 3 N–H and O–H groups in total. The average molecular weight is 251 g/mol. The Bertz CT molecular complexity index is 543. The molecule has 1 aliphatic heterocycles. The molecule has 0 aromatic carbocycles. The number of hydrogen-bond acceptors (Lipinski definition) is 3. The van der Waals surface area contributed by atoms with Crippen LogP contribution in [0.25, 0.3) is 5.52 Å².